The van der Waals surface area contributed by atoms with Crippen molar-refractivity contribution < 1.29 is 19.8 Å². The van der Waals surface area contributed by atoms with Crippen molar-refractivity contribution in [3.05, 3.63) is 0 Å². The highest BCUT2D eigenvalue weighted by Gasteiger charge is 2.09. The molecule has 0 bridgehead atoms. The largest absolute Gasteiger partial charge is 0.481 e. The summed E-state index contributed by atoms with van der Waals surface area (Å²) in [6, 6.07) is 0. The highest BCUT2D eigenvalue weighted by Crippen LogP contribution is 2.22. The van der Waals surface area contributed by atoms with E-state index in [0.29, 0.717) is 11.8 Å². The zero-order chi connectivity index (χ0) is 16.1. The Balaban J connectivity index is 3.57. The predicted molar refractivity (Wildman–Crippen MR) is 84.4 cm³/mol. The number of unbranched alkanes of at least 4 members (excludes halogenated alkanes) is 1. The molecule has 0 fully saturated rings. The van der Waals surface area contributed by atoms with Gasteiger partial charge in [-0.3, -0.25) is 9.59 Å². The van der Waals surface area contributed by atoms with Crippen LogP contribution in [0.5, 0.6) is 0 Å². The van der Waals surface area contributed by atoms with Crippen molar-refractivity contribution >= 4 is 11.9 Å². The maximum absolute atomic E-state index is 10.5. The van der Waals surface area contributed by atoms with Crippen LogP contribution in [-0.2, 0) is 9.59 Å². The fraction of sp³-hybridized carbons (Fsp3) is 0.882. The smallest absolute Gasteiger partial charge is 0.303 e. The Labute approximate surface area is 128 Å². The molecule has 0 spiro atoms. The van der Waals surface area contributed by atoms with E-state index in [4.69, 9.17) is 10.2 Å². The molecule has 0 aliphatic heterocycles. The van der Waals surface area contributed by atoms with Gasteiger partial charge >= 0.3 is 11.9 Å². The van der Waals surface area contributed by atoms with Crippen molar-refractivity contribution in [3.8, 4) is 0 Å². The van der Waals surface area contributed by atoms with E-state index in [9.17, 15) is 9.59 Å². The normalized spacial score (nSPS) is 13.8. The molecule has 0 amide bonds. The van der Waals surface area contributed by atoms with Crippen LogP contribution in [-0.4, -0.2) is 22.2 Å². The van der Waals surface area contributed by atoms with Gasteiger partial charge in [-0.25, -0.2) is 0 Å². The lowest BCUT2D eigenvalue weighted by molar-refractivity contribution is -0.138. The van der Waals surface area contributed by atoms with Crippen LogP contribution in [0.25, 0.3) is 0 Å². The summed E-state index contributed by atoms with van der Waals surface area (Å²) in [6.45, 7) is 4.38. The van der Waals surface area contributed by atoms with Gasteiger partial charge < -0.3 is 10.2 Å². The summed E-state index contributed by atoms with van der Waals surface area (Å²) in [4.78, 5) is 20.9. The molecule has 2 atom stereocenters. The second-order valence-corrected chi connectivity index (χ2v) is 6.24. The molecule has 0 aliphatic carbocycles. The van der Waals surface area contributed by atoms with Gasteiger partial charge in [-0.15, -0.1) is 0 Å². The van der Waals surface area contributed by atoms with Crippen molar-refractivity contribution in [2.24, 2.45) is 11.8 Å². The fourth-order valence-electron chi connectivity index (χ4n) is 2.77. The Morgan fingerprint density at radius 2 is 1.24 bits per heavy atom. The minimum absolute atomic E-state index is 0.284. The second-order valence-electron chi connectivity index (χ2n) is 6.24. The average molecular weight is 300 g/mol. The van der Waals surface area contributed by atoms with E-state index in [-0.39, 0.29) is 12.8 Å². The van der Waals surface area contributed by atoms with E-state index in [1.165, 1.54) is 25.7 Å². The van der Waals surface area contributed by atoms with E-state index in [1.807, 2.05) is 0 Å². The number of hydrogen-bond acceptors (Lipinski definition) is 2. The van der Waals surface area contributed by atoms with Crippen molar-refractivity contribution in [1.82, 2.24) is 0 Å². The maximum Gasteiger partial charge on any atom is 0.303 e. The monoisotopic (exact) mass is 300 g/mol. The number of carbonyl (C=O) groups is 2. The van der Waals surface area contributed by atoms with Gasteiger partial charge in [-0.05, 0) is 31.1 Å². The summed E-state index contributed by atoms with van der Waals surface area (Å²) in [6.07, 6.45) is 10.1. The lowest BCUT2D eigenvalue weighted by Crippen LogP contribution is -2.03. The number of carboxylic acids is 2. The SMILES string of the molecule is CCC(CCCCC(C)CCCC(=O)O)CCCC(=O)O. The molecule has 0 aromatic carbocycles. The zero-order valence-electron chi connectivity index (χ0n) is 13.6. The van der Waals surface area contributed by atoms with Crippen LogP contribution in [0.3, 0.4) is 0 Å². The van der Waals surface area contributed by atoms with Gasteiger partial charge in [0.25, 0.3) is 0 Å². The first-order chi connectivity index (χ1) is 9.95. The van der Waals surface area contributed by atoms with Crippen molar-refractivity contribution in [3.63, 3.8) is 0 Å². The van der Waals surface area contributed by atoms with Crippen molar-refractivity contribution in [2.45, 2.75) is 84.5 Å². The first-order valence-corrected chi connectivity index (χ1v) is 8.39. The zero-order valence-corrected chi connectivity index (χ0v) is 13.6. The van der Waals surface area contributed by atoms with Gasteiger partial charge in [0.2, 0.25) is 0 Å². The van der Waals surface area contributed by atoms with Gasteiger partial charge in [-0.2, -0.15) is 0 Å². The van der Waals surface area contributed by atoms with E-state index in [1.54, 1.807) is 0 Å². The summed E-state index contributed by atoms with van der Waals surface area (Å²) in [5.74, 6) is -0.127. The fourth-order valence-corrected chi connectivity index (χ4v) is 2.77. The topological polar surface area (TPSA) is 74.6 Å². The van der Waals surface area contributed by atoms with Gasteiger partial charge in [0.15, 0.2) is 0 Å². The van der Waals surface area contributed by atoms with Gasteiger partial charge in [-0.1, -0.05) is 52.4 Å². The molecule has 0 saturated carbocycles. The van der Waals surface area contributed by atoms with Gasteiger partial charge in [0, 0.05) is 12.8 Å². The molecule has 4 nitrogen and oxygen atoms in total. The molecule has 0 heterocycles. The molecule has 4 heteroatoms. The average Bonchev–Trinajstić information content (AvgIpc) is 2.40. The molecule has 0 aliphatic rings. The molecule has 0 aromatic heterocycles. The first-order valence-electron chi connectivity index (χ1n) is 8.39. The molecule has 21 heavy (non-hydrogen) atoms. The standard InChI is InChI=1S/C17H32O4/c1-3-15(11-7-13-17(20)21)10-5-4-8-14(2)9-6-12-16(18)19/h14-15H,3-13H2,1-2H3,(H,18,19)(H,20,21). The first kappa shape index (κ1) is 19.9. The highest BCUT2D eigenvalue weighted by molar-refractivity contribution is 5.66. The molecule has 0 rings (SSSR count). The third kappa shape index (κ3) is 13.7. The van der Waals surface area contributed by atoms with Crippen LogP contribution < -0.4 is 0 Å². The summed E-state index contributed by atoms with van der Waals surface area (Å²) in [7, 11) is 0. The predicted octanol–water partition coefficient (Wildman–Crippen LogP) is 4.72. The molecular formula is C17H32O4. The van der Waals surface area contributed by atoms with Crippen LogP contribution in [0.15, 0.2) is 0 Å². The second kappa shape index (κ2) is 12.7. The molecule has 2 unspecified atom stereocenters. The van der Waals surface area contributed by atoms with Crippen LogP contribution in [0.2, 0.25) is 0 Å². The Hall–Kier alpha value is -1.06. The quantitative estimate of drug-likeness (QED) is 0.455. The summed E-state index contributed by atoms with van der Waals surface area (Å²) in [5, 5.41) is 17.2. The van der Waals surface area contributed by atoms with Gasteiger partial charge in [0.1, 0.15) is 0 Å². The minimum Gasteiger partial charge on any atom is -0.481 e. The molecular weight excluding hydrogens is 268 g/mol. The van der Waals surface area contributed by atoms with E-state index in [0.717, 1.165) is 32.1 Å². The summed E-state index contributed by atoms with van der Waals surface area (Å²) < 4.78 is 0. The molecule has 0 radical (unpaired) electrons. The number of hydrogen-bond donors (Lipinski definition) is 2. The third-order valence-electron chi connectivity index (χ3n) is 4.23. The highest BCUT2D eigenvalue weighted by atomic mass is 16.4. The Kier molecular flexibility index (Phi) is 12.0. The van der Waals surface area contributed by atoms with Crippen LogP contribution >= 0.6 is 0 Å². The number of aliphatic carboxylic acids is 2. The van der Waals surface area contributed by atoms with Crippen LogP contribution in [0, 0.1) is 11.8 Å². The maximum atomic E-state index is 10.5. The summed E-state index contributed by atoms with van der Waals surface area (Å²) in [5.41, 5.74) is 0. The molecule has 2 N–H and O–H groups in total. The van der Waals surface area contributed by atoms with E-state index in [2.05, 4.69) is 13.8 Å². The lowest BCUT2D eigenvalue weighted by Gasteiger charge is -2.15. The van der Waals surface area contributed by atoms with Crippen molar-refractivity contribution in [1.29, 1.82) is 0 Å². The third-order valence-corrected chi connectivity index (χ3v) is 4.23. The molecule has 0 saturated heterocycles. The molecule has 0 aromatic rings. The van der Waals surface area contributed by atoms with E-state index < -0.39 is 11.9 Å². The van der Waals surface area contributed by atoms with Crippen molar-refractivity contribution in [2.75, 3.05) is 0 Å². The van der Waals surface area contributed by atoms with Crippen LogP contribution in [0.4, 0.5) is 0 Å². The number of rotatable bonds is 14. The van der Waals surface area contributed by atoms with Crippen LogP contribution in [0.1, 0.15) is 84.5 Å². The lowest BCUT2D eigenvalue weighted by atomic mass is 9.91. The Morgan fingerprint density at radius 3 is 1.76 bits per heavy atom. The summed E-state index contributed by atoms with van der Waals surface area (Å²) >= 11 is 0. The minimum atomic E-state index is -0.700. The Morgan fingerprint density at radius 1 is 0.810 bits per heavy atom. The van der Waals surface area contributed by atoms with Gasteiger partial charge in [0.05, 0.1) is 0 Å². The molecule has 124 valence electrons. The van der Waals surface area contributed by atoms with E-state index >= 15 is 0 Å². The Bertz CT molecular complexity index is 289. The number of carboxylic acid groups (broad SMARTS) is 2.